The molecule has 6 heteroatoms. The number of nitrogens with one attached hydrogen (secondary N) is 1. The van der Waals surface area contributed by atoms with Crippen molar-refractivity contribution in [2.45, 2.75) is 232 Å². The number of unbranched alkanes of at least 4 members (excludes halogenated alkanes) is 17. The van der Waals surface area contributed by atoms with Gasteiger partial charge in [-0.25, -0.2) is 0 Å². The molecule has 0 fully saturated rings. The van der Waals surface area contributed by atoms with Crippen LogP contribution in [0.1, 0.15) is 213 Å². The van der Waals surface area contributed by atoms with Crippen LogP contribution in [0.5, 0.6) is 0 Å². The van der Waals surface area contributed by atoms with Crippen molar-refractivity contribution < 1.29 is 24.5 Å². The summed E-state index contributed by atoms with van der Waals surface area (Å²) < 4.78 is 5.90. The number of carbonyl (C=O) groups excluding carboxylic acids is 2. The summed E-state index contributed by atoms with van der Waals surface area (Å²) in [7, 11) is 0. The van der Waals surface area contributed by atoms with Gasteiger partial charge in [0.05, 0.1) is 25.2 Å². The number of esters is 1. The molecule has 0 rings (SSSR count). The molecule has 3 unspecified atom stereocenters. The lowest BCUT2D eigenvalue weighted by molar-refractivity contribution is -0.151. The highest BCUT2D eigenvalue weighted by atomic mass is 16.5. The molecular weight excluding hydrogens is 779 g/mol. The highest BCUT2D eigenvalue weighted by Crippen LogP contribution is 2.16. The van der Waals surface area contributed by atoms with Crippen LogP contribution >= 0.6 is 0 Å². The second kappa shape index (κ2) is 49.5. The van der Waals surface area contributed by atoms with E-state index >= 15 is 0 Å². The van der Waals surface area contributed by atoms with Crippen LogP contribution in [0.15, 0.2) is 109 Å². The number of amides is 1. The predicted octanol–water partition coefficient (Wildman–Crippen LogP) is 15.5. The first-order chi connectivity index (χ1) is 31.0. The van der Waals surface area contributed by atoms with E-state index in [1.54, 1.807) is 0 Å². The number of aliphatic hydroxyl groups excluding tert-OH is 2. The Hall–Kier alpha value is -3.48. The van der Waals surface area contributed by atoms with Gasteiger partial charge in [-0.3, -0.25) is 9.59 Å². The molecule has 0 bridgehead atoms. The maximum atomic E-state index is 13.2. The van der Waals surface area contributed by atoms with Crippen LogP contribution in [0, 0.1) is 0 Å². The molecule has 0 aliphatic rings. The first-order valence-corrected chi connectivity index (χ1v) is 25.7. The molecule has 0 saturated heterocycles. The smallest absolute Gasteiger partial charge is 0.306 e. The molecule has 63 heavy (non-hydrogen) atoms. The van der Waals surface area contributed by atoms with Gasteiger partial charge in [-0.15, -0.1) is 0 Å². The van der Waals surface area contributed by atoms with Gasteiger partial charge in [0.15, 0.2) is 0 Å². The highest BCUT2D eigenvalue weighted by molar-refractivity contribution is 5.77. The summed E-state index contributed by atoms with van der Waals surface area (Å²) in [6, 6.07) is -0.728. The van der Waals surface area contributed by atoms with Gasteiger partial charge >= 0.3 is 5.97 Å². The van der Waals surface area contributed by atoms with Gasteiger partial charge in [0.2, 0.25) is 5.91 Å². The predicted molar refractivity (Wildman–Crippen MR) is 273 cm³/mol. The number of hydrogen-bond donors (Lipinski definition) is 3. The van der Waals surface area contributed by atoms with E-state index in [4.69, 9.17) is 4.74 Å². The van der Waals surface area contributed by atoms with Crippen molar-refractivity contribution >= 4 is 11.9 Å². The van der Waals surface area contributed by atoms with E-state index in [2.05, 4.69) is 117 Å². The monoisotopic (exact) mass is 874 g/mol. The molecule has 0 aliphatic carbocycles. The van der Waals surface area contributed by atoms with Crippen molar-refractivity contribution in [2.75, 3.05) is 6.61 Å². The van der Waals surface area contributed by atoms with Crippen molar-refractivity contribution in [3.05, 3.63) is 109 Å². The number of aliphatic hydroxyl groups is 2. The van der Waals surface area contributed by atoms with E-state index in [-0.39, 0.29) is 24.9 Å². The Morgan fingerprint density at radius 3 is 1.48 bits per heavy atom. The Morgan fingerprint density at radius 2 is 0.921 bits per heavy atom. The largest absolute Gasteiger partial charge is 0.462 e. The lowest BCUT2D eigenvalue weighted by atomic mass is 10.0. The molecule has 0 aliphatic heterocycles. The summed E-state index contributed by atoms with van der Waals surface area (Å²) in [5.74, 6) is -0.562. The van der Waals surface area contributed by atoms with Crippen LogP contribution in [-0.4, -0.2) is 46.9 Å². The second-order valence-corrected chi connectivity index (χ2v) is 16.9. The summed E-state index contributed by atoms with van der Waals surface area (Å²) in [5, 5.41) is 23.7. The summed E-state index contributed by atoms with van der Waals surface area (Å²) in [5.41, 5.74) is 0. The highest BCUT2D eigenvalue weighted by Gasteiger charge is 2.24. The number of hydrogen-bond acceptors (Lipinski definition) is 5. The molecule has 6 nitrogen and oxygen atoms in total. The third-order valence-corrected chi connectivity index (χ3v) is 10.9. The Bertz CT molecular complexity index is 1300. The summed E-state index contributed by atoms with van der Waals surface area (Å²) >= 11 is 0. The van der Waals surface area contributed by atoms with Crippen molar-refractivity contribution in [1.82, 2.24) is 5.32 Å². The lowest BCUT2D eigenvalue weighted by Crippen LogP contribution is -2.46. The molecule has 0 aromatic heterocycles. The average molecular weight is 874 g/mol. The van der Waals surface area contributed by atoms with Gasteiger partial charge in [0.1, 0.15) is 6.10 Å². The first kappa shape index (κ1) is 59.5. The minimum atomic E-state index is -0.810. The molecule has 0 saturated carbocycles. The molecule has 3 N–H and O–H groups in total. The molecule has 358 valence electrons. The maximum absolute atomic E-state index is 13.2. The number of ether oxygens (including phenoxy) is 1. The lowest BCUT2D eigenvalue weighted by Gasteiger charge is -2.24. The first-order valence-electron chi connectivity index (χ1n) is 25.7. The average Bonchev–Trinajstić information content (AvgIpc) is 3.28. The molecule has 3 atom stereocenters. The topological polar surface area (TPSA) is 95.9 Å². The number of carbonyl (C=O) groups is 2. The van der Waals surface area contributed by atoms with Crippen LogP contribution in [-0.2, 0) is 14.3 Å². The second-order valence-electron chi connectivity index (χ2n) is 16.9. The maximum Gasteiger partial charge on any atom is 0.306 e. The minimum absolute atomic E-state index is 0.0310. The zero-order chi connectivity index (χ0) is 45.9. The quantitative estimate of drug-likeness (QED) is 0.0245. The summed E-state index contributed by atoms with van der Waals surface area (Å²) in [6.45, 7) is 6.28. The Balaban J connectivity index is 4.75. The fraction of sp³-hybridized carbons (Fsp3) is 0.649. The van der Waals surface area contributed by atoms with Crippen LogP contribution in [0.3, 0.4) is 0 Å². The molecule has 1 amide bonds. The molecular formula is C57H95NO5. The zero-order valence-electron chi connectivity index (χ0n) is 40.7. The van der Waals surface area contributed by atoms with Crippen LogP contribution < -0.4 is 5.32 Å². The van der Waals surface area contributed by atoms with E-state index in [1.165, 1.54) is 57.8 Å². The third-order valence-electron chi connectivity index (χ3n) is 10.9. The van der Waals surface area contributed by atoms with E-state index < -0.39 is 18.2 Å². The van der Waals surface area contributed by atoms with E-state index in [0.29, 0.717) is 19.3 Å². The Kier molecular flexibility index (Phi) is 46.8. The summed E-state index contributed by atoms with van der Waals surface area (Å²) in [6.07, 6.45) is 67.2. The van der Waals surface area contributed by atoms with Crippen molar-refractivity contribution in [2.24, 2.45) is 0 Å². The molecule has 0 aromatic carbocycles. The number of allylic oxidation sites excluding steroid dienone is 18. The third kappa shape index (κ3) is 44.9. The SMILES string of the molecule is CC/C=C\C/C=C\C/C=C\C/C=C\C/C=C\CCCCCC(=O)OC(CCCCC/C=C/C=C/C=C/C=C/CCCCC)CC(=O)NC(CO)C(O)CCCCCCCCCCC. The van der Waals surface area contributed by atoms with Crippen LogP contribution in [0.25, 0.3) is 0 Å². The molecule has 0 heterocycles. The van der Waals surface area contributed by atoms with Gasteiger partial charge in [0.25, 0.3) is 0 Å². The fourth-order valence-electron chi connectivity index (χ4n) is 7.06. The Morgan fingerprint density at radius 1 is 0.492 bits per heavy atom. The van der Waals surface area contributed by atoms with Gasteiger partial charge in [0, 0.05) is 6.42 Å². The number of rotatable bonds is 44. The van der Waals surface area contributed by atoms with E-state index in [9.17, 15) is 19.8 Å². The van der Waals surface area contributed by atoms with Gasteiger partial charge in [-0.2, -0.15) is 0 Å². The van der Waals surface area contributed by atoms with Crippen molar-refractivity contribution in [3.63, 3.8) is 0 Å². The van der Waals surface area contributed by atoms with Crippen LogP contribution in [0.4, 0.5) is 0 Å². The van der Waals surface area contributed by atoms with Gasteiger partial charge < -0.3 is 20.3 Å². The van der Waals surface area contributed by atoms with Crippen molar-refractivity contribution in [3.8, 4) is 0 Å². The summed E-state index contributed by atoms with van der Waals surface area (Å²) in [4.78, 5) is 26.1. The Labute approximate surface area is 388 Å². The minimum Gasteiger partial charge on any atom is -0.462 e. The van der Waals surface area contributed by atoms with E-state index in [0.717, 1.165) is 109 Å². The fourth-order valence-corrected chi connectivity index (χ4v) is 7.06. The normalized spacial score (nSPS) is 14.2. The molecule has 0 radical (unpaired) electrons. The van der Waals surface area contributed by atoms with E-state index in [1.807, 2.05) is 18.2 Å². The zero-order valence-corrected chi connectivity index (χ0v) is 40.7. The molecule has 0 aromatic rings. The molecule has 0 spiro atoms. The van der Waals surface area contributed by atoms with Gasteiger partial charge in [-0.1, -0.05) is 214 Å². The van der Waals surface area contributed by atoms with Gasteiger partial charge in [-0.05, 0) is 96.3 Å². The standard InChI is InChI=1S/C57H95NO5/c1-4-7-10-13-16-19-21-23-25-27-28-29-31-33-35-38-41-44-47-50-57(62)63-53(48-45-42-39-37-34-32-30-26-24-22-20-17-14-11-8-5-2)51-56(61)58-54(52-59)55(60)49-46-43-40-36-18-15-12-9-6-3/h7,10,16-17,19-20,22-26,28-30,32-35,53-55,59-60H,4-6,8-9,11-15,18,21,27,31,36-52H2,1-3H3,(H,58,61)/b10-7-,19-16-,20-17+,24-22+,25-23-,29-28-,30-26+,34-32+,35-33-. The van der Waals surface area contributed by atoms with Crippen LogP contribution in [0.2, 0.25) is 0 Å². The van der Waals surface area contributed by atoms with Crippen molar-refractivity contribution in [1.29, 1.82) is 0 Å².